The number of aromatic nitrogens is 2. The average Bonchev–Trinajstić information content (AvgIpc) is 3.18. The first-order valence-electron chi connectivity index (χ1n) is 11.9. The molecule has 0 spiro atoms. The molecular weight excluding hydrogens is 408 g/mol. The van der Waals surface area contributed by atoms with Crippen LogP contribution in [0.3, 0.4) is 0 Å². The van der Waals surface area contributed by atoms with E-state index in [-0.39, 0.29) is 11.8 Å². The van der Waals surface area contributed by atoms with Gasteiger partial charge in [-0.1, -0.05) is 30.8 Å². The Hall–Kier alpha value is -2.77. The summed E-state index contributed by atoms with van der Waals surface area (Å²) < 4.78 is 16.5. The Kier molecular flexibility index (Phi) is 7.50. The maximum atomic E-state index is 12.7. The second-order valence-corrected chi connectivity index (χ2v) is 8.66. The highest BCUT2D eigenvalue weighted by Gasteiger charge is 2.29. The molecule has 0 atom stereocenters. The molecule has 1 saturated carbocycles. The lowest BCUT2D eigenvalue weighted by Crippen LogP contribution is -2.43. The maximum absolute atomic E-state index is 12.7. The largest absolute Gasteiger partial charge is 0.493 e. The number of anilines is 1. The van der Waals surface area contributed by atoms with Gasteiger partial charge in [-0.3, -0.25) is 4.79 Å². The van der Waals surface area contributed by atoms with Crippen LogP contribution in [0.5, 0.6) is 11.5 Å². The van der Waals surface area contributed by atoms with Crippen LogP contribution < -0.4 is 19.7 Å². The molecule has 174 valence electrons. The van der Waals surface area contributed by atoms with E-state index in [2.05, 4.69) is 20.4 Å². The zero-order valence-electron chi connectivity index (χ0n) is 19.1. The Balaban J connectivity index is 1.33. The molecule has 1 saturated heterocycles. The Morgan fingerprint density at radius 2 is 1.88 bits per heavy atom. The minimum Gasteiger partial charge on any atom is -0.493 e. The molecule has 8 nitrogen and oxygen atoms in total. The first-order chi connectivity index (χ1) is 15.7. The molecule has 1 N–H and O–H groups in total. The molecule has 0 bridgehead atoms. The van der Waals surface area contributed by atoms with Crippen LogP contribution in [0.2, 0.25) is 0 Å². The average molecular weight is 443 g/mol. The summed E-state index contributed by atoms with van der Waals surface area (Å²) in [5.41, 5.74) is 0.804. The Morgan fingerprint density at radius 3 is 2.56 bits per heavy atom. The van der Waals surface area contributed by atoms with Crippen molar-refractivity contribution in [2.45, 2.75) is 64.3 Å². The molecule has 0 radical (unpaired) electrons. The lowest BCUT2D eigenvalue weighted by molar-refractivity contribution is -0.126. The normalized spacial score (nSPS) is 18.2. The molecule has 32 heavy (non-hydrogen) atoms. The summed E-state index contributed by atoms with van der Waals surface area (Å²) in [6, 6.07) is 6.45. The molecule has 1 amide bonds. The number of piperidine rings is 1. The number of benzene rings is 1. The molecule has 1 aromatic carbocycles. The predicted octanol–water partition coefficient (Wildman–Crippen LogP) is 4.20. The first-order valence-corrected chi connectivity index (χ1v) is 11.9. The molecule has 4 rings (SSSR count). The zero-order chi connectivity index (χ0) is 22.3. The predicted molar refractivity (Wildman–Crippen MR) is 122 cm³/mol. The van der Waals surface area contributed by atoms with Gasteiger partial charge in [-0.25, -0.2) is 0 Å². The molecule has 2 heterocycles. The van der Waals surface area contributed by atoms with Crippen LogP contribution in [0, 0.1) is 5.92 Å². The highest BCUT2D eigenvalue weighted by atomic mass is 16.5. The Bertz CT molecular complexity index is 884. The fourth-order valence-electron chi connectivity index (χ4n) is 4.62. The third kappa shape index (κ3) is 5.34. The van der Waals surface area contributed by atoms with E-state index in [0.717, 1.165) is 44.3 Å². The number of nitrogens with one attached hydrogen (secondary N) is 1. The van der Waals surface area contributed by atoms with Crippen LogP contribution in [-0.2, 0) is 4.79 Å². The van der Waals surface area contributed by atoms with Crippen molar-refractivity contribution in [1.82, 2.24) is 15.5 Å². The number of hydrogen-bond acceptors (Lipinski definition) is 7. The van der Waals surface area contributed by atoms with E-state index in [1.807, 2.05) is 25.1 Å². The van der Waals surface area contributed by atoms with Gasteiger partial charge in [0, 0.05) is 30.6 Å². The maximum Gasteiger partial charge on any atom is 0.324 e. The minimum atomic E-state index is 0.0623. The highest BCUT2D eigenvalue weighted by molar-refractivity contribution is 5.79. The van der Waals surface area contributed by atoms with Gasteiger partial charge in [-0.2, -0.15) is 4.98 Å². The fraction of sp³-hybridized carbons (Fsp3) is 0.625. The van der Waals surface area contributed by atoms with Crippen LogP contribution in [0.15, 0.2) is 22.7 Å². The lowest BCUT2D eigenvalue weighted by atomic mass is 9.95. The molecule has 2 aliphatic rings. The lowest BCUT2D eigenvalue weighted by Gasteiger charge is -2.30. The van der Waals surface area contributed by atoms with E-state index in [9.17, 15) is 4.79 Å². The number of ether oxygens (including phenoxy) is 2. The van der Waals surface area contributed by atoms with Crippen molar-refractivity contribution in [1.29, 1.82) is 0 Å². The monoisotopic (exact) mass is 442 g/mol. The van der Waals surface area contributed by atoms with Gasteiger partial charge in [-0.05, 0) is 50.8 Å². The Morgan fingerprint density at radius 1 is 1.12 bits per heavy atom. The molecule has 1 aromatic heterocycles. The summed E-state index contributed by atoms with van der Waals surface area (Å²) in [4.78, 5) is 19.4. The van der Waals surface area contributed by atoms with Gasteiger partial charge in [0.25, 0.3) is 0 Å². The molecule has 1 aliphatic carbocycles. The minimum absolute atomic E-state index is 0.0623. The van der Waals surface area contributed by atoms with Crippen molar-refractivity contribution in [3.63, 3.8) is 0 Å². The smallest absolute Gasteiger partial charge is 0.324 e. The topological polar surface area (TPSA) is 89.7 Å². The van der Waals surface area contributed by atoms with Gasteiger partial charge in [-0.15, -0.1) is 0 Å². The third-order valence-corrected chi connectivity index (χ3v) is 6.47. The summed E-state index contributed by atoms with van der Waals surface area (Å²) in [7, 11) is 1.61. The third-order valence-electron chi connectivity index (χ3n) is 6.47. The van der Waals surface area contributed by atoms with Crippen LogP contribution in [0.1, 0.15) is 58.3 Å². The zero-order valence-corrected chi connectivity index (χ0v) is 19.1. The number of rotatable bonds is 7. The number of carbonyl (C=O) groups excluding carboxylic acids is 1. The first kappa shape index (κ1) is 22.4. The summed E-state index contributed by atoms with van der Waals surface area (Å²) in [6.07, 6.45) is 8.87. The van der Waals surface area contributed by atoms with Crippen LogP contribution in [0.25, 0.3) is 11.4 Å². The summed E-state index contributed by atoms with van der Waals surface area (Å²) in [6.45, 7) is 3.97. The number of amides is 1. The van der Waals surface area contributed by atoms with Gasteiger partial charge in [0.2, 0.25) is 11.7 Å². The van der Waals surface area contributed by atoms with E-state index in [1.165, 1.54) is 25.7 Å². The van der Waals surface area contributed by atoms with E-state index < -0.39 is 0 Å². The number of hydrogen-bond donors (Lipinski definition) is 1. The SMILES string of the molecule is CCOc1ccc(-c2noc(N3CCC(C(=O)NC4CCCCCC4)CC3)n2)cc1OC. The number of carbonyl (C=O) groups is 1. The Labute approximate surface area is 189 Å². The molecule has 2 fully saturated rings. The second kappa shape index (κ2) is 10.7. The van der Waals surface area contributed by atoms with Gasteiger partial charge < -0.3 is 24.2 Å². The van der Waals surface area contributed by atoms with Gasteiger partial charge >= 0.3 is 6.01 Å². The number of methoxy groups -OCH3 is 1. The molecular formula is C24H34N4O4. The molecule has 8 heteroatoms. The van der Waals surface area contributed by atoms with Crippen LogP contribution >= 0.6 is 0 Å². The van der Waals surface area contributed by atoms with Crippen molar-refractivity contribution in [2.24, 2.45) is 5.92 Å². The number of nitrogens with zero attached hydrogens (tertiary/aromatic N) is 3. The van der Waals surface area contributed by atoms with Crippen molar-refractivity contribution >= 4 is 11.9 Å². The quantitative estimate of drug-likeness (QED) is 0.643. The van der Waals surface area contributed by atoms with Gasteiger partial charge in [0.05, 0.1) is 13.7 Å². The van der Waals surface area contributed by atoms with Crippen molar-refractivity contribution in [3.05, 3.63) is 18.2 Å². The highest BCUT2D eigenvalue weighted by Crippen LogP contribution is 2.32. The fourth-order valence-corrected chi connectivity index (χ4v) is 4.62. The van der Waals surface area contributed by atoms with E-state index in [0.29, 0.717) is 36.0 Å². The second-order valence-electron chi connectivity index (χ2n) is 8.66. The molecule has 0 unspecified atom stereocenters. The van der Waals surface area contributed by atoms with E-state index in [4.69, 9.17) is 14.0 Å². The van der Waals surface area contributed by atoms with Gasteiger partial charge in [0.1, 0.15) is 0 Å². The van der Waals surface area contributed by atoms with Crippen LogP contribution in [-0.4, -0.2) is 48.9 Å². The summed E-state index contributed by atoms with van der Waals surface area (Å²) >= 11 is 0. The van der Waals surface area contributed by atoms with E-state index >= 15 is 0 Å². The van der Waals surface area contributed by atoms with Crippen LogP contribution in [0.4, 0.5) is 6.01 Å². The summed E-state index contributed by atoms with van der Waals surface area (Å²) in [5, 5.41) is 7.45. The van der Waals surface area contributed by atoms with Gasteiger partial charge in [0.15, 0.2) is 11.5 Å². The van der Waals surface area contributed by atoms with Crippen molar-refractivity contribution in [3.8, 4) is 22.9 Å². The molecule has 2 aromatic rings. The van der Waals surface area contributed by atoms with Crippen molar-refractivity contribution in [2.75, 3.05) is 31.7 Å². The molecule has 1 aliphatic heterocycles. The van der Waals surface area contributed by atoms with E-state index in [1.54, 1.807) is 7.11 Å². The standard InChI is InChI=1S/C24H34N4O4/c1-3-31-20-11-10-18(16-21(20)30-2)22-26-24(32-27-22)28-14-12-17(13-15-28)23(29)25-19-8-6-4-5-7-9-19/h10-11,16-17,19H,3-9,12-15H2,1-2H3,(H,25,29). The summed E-state index contributed by atoms with van der Waals surface area (Å²) in [5.74, 6) is 2.11. The van der Waals surface area contributed by atoms with Crippen molar-refractivity contribution < 1.29 is 18.8 Å².